The van der Waals surface area contributed by atoms with E-state index in [0.29, 0.717) is 19.1 Å². The average Bonchev–Trinajstić information content (AvgIpc) is 3.12. The lowest BCUT2D eigenvalue weighted by atomic mass is 9.96. The second kappa shape index (κ2) is 4.94. The van der Waals surface area contributed by atoms with Crippen molar-refractivity contribution in [3.8, 4) is 0 Å². The van der Waals surface area contributed by atoms with Crippen LogP contribution >= 0.6 is 0 Å². The summed E-state index contributed by atoms with van der Waals surface area (Å²) in [5.41, 5.74) is 0. The summed E-state index contributed by atoms with van der Waals surface area (Å²) in [6.07, 6.45) is 3.80. The van der Waals surface area contributed by atoms with E-state index in [-0.39, 0.29) is 17.9 Å². The van der Waals surface area contributed by atoms with Gasteiger partial charge in [-0.15, -0.1) is 0 Å². The number of hydrogen-bond donors (Lipinski definition) is 1. The van der Waals surface area contributed by atoms with Gasteiger partial charge in [0.25, 0.3) is 0 Å². The molecule has 2 rings (SSSR count). The van der Waals surface area contributed by atoms with E-state index >= 15 is 0 Å². The van der Waals surface area contributed by atoms with E-state index in [4.69, 9.17) is 0 Å². The summed E-state index contributed by atoms with van der Waals surface area (Å²) >= 11 is 0. The van der Waals surface area contributed by atoms with Crippen molar-refractivity contribution in [2.45, 2.75) is 31.7 Å². The number of rotatable bonds is 2. The maximum atomic E-state index is 11.8. The van der Waals surface area contributed by atoms with Gasteiger partial charge in [0, 0.05) is 39.1 Å². The van der Waals surface area contributed by atoms with Gasteiger partial charge in [0.05, 0.1) is 0 Å². The summed E-state index contributed by atoms with van der Waals surface area (Å²) in [7, 11) is 3.57. The second-order valence-corrected chi connectivity index (χ2v) is 5.22. The molecule has 0 spiro atoms. The summed E-state index contributed by atoms with van der Waals surface area (Å²) < 4.78 is 0. The smallest absolute Gasteiger partial charge is 0.317 e. The van der Waals surface area contributed by atoms with Crippen molar-refractivity contribution in [3.63, 3.8) is 0 Å². The van der Waals surface area contributed by atoms with Gasteiger partial charge in [0.15, 0.2) is 0 Å². The third-order valence-corrected chi connectivity index (χ3v) is 3.48. The molecule has 3 amide bonds. The number of piperidine rings is 1. The van der Waals surface area contributed by atoms with Crippen LogP contribution in [0.5, 0.6) is 0 Å². The highest BCUT2D eigenvalue weighted by Crippen LogP contribution is 2.21. The normalized spacial score (nSPS) is 21.2. The van der Waals surface area contributed by atoms with E-state index in [0.717, 1.165) is 25.7 Å². The molecule has 1 heterocycles. The van der Waals surface area contributed by atoms with E-state index in [9.17, 15) is 9.59 Å². The van der Waals surface area contributed by atoms with E-state index < -0.39 is 0 Å². The Labute approximate surface area is 102 Å². The first-order valence-corrected chi connectivity index (χ1v) is 6.34. The van der Waals surface area contributed by atoms with Crippen LogP contribution in [0.15, 0.2) is 0 Å². The summed E-state index contributed by atoms with van der Waals surface area (Å²) in [5, 5.41) is 2.98. The molecule has 1 saturated carbocycles. The van der Waals surface area contributed by atoms with Gasteiger partial charge < -0.3 is 15.1 Å². The highest BCUT2D eigenvalue weighted by atomic mass is 16.2. The quantitative estimate of drug-likeness (QED) is 0.769. The number of nitrogens with one attached hydrogen (secondary N) is 1. The van der Waals surface area contributed by atoms with Gasteiger partial charge in [-0.25, -0.2) is 4.79 Å². The largest absolute Gasteiger partial charge is 0.349 e. The Kier molecular flexibility index (Phi) is 3.54. The molecule has 17 heavy (non-hydrogen) atoms. The van der Waals surface area contributed by atoms with Gasteiger partial charge in [-0.05, 0) is 25.7 Å². The summed E-state index contributed by atoms with van der Waals surface area (Å²) in [4.78, 5) is 27.0. The standard InChI is InChI=1S/C12H21N3O2/c1-14(2)11(16)9-5-7-15(8-6-9)12(17)13-10-3-4-10/h9-10H,3-8H2,1-2H3,(H,13,17). The lowest BCUT2D eigenvalue weighted by molar-refractivity contribution is -0.134. The Morgan fingerprint density at radius 2 is 1.71 bits per heavy atom. The number of carbonyl (C=O) groups is 2. The van der Waals surface area contributed by atoms with E-state index in [2.05, 4.69) is 5.32 Å². The number of amides is 3. The molecule has 1 aliphatic carbocycles. The number of carbonyl (C=O) groups excluding carboxylic acids is 2. The zero-order valence-corrected chi connectivity index (χ0v) is 10.6. The minimum absolute atomic E-state index is 0.0447. The van der Waals surface area contributed by atoms with Gasteiger partial charge in [0.1, 0.15) is 0 Å². The Bertz CT molecular complexity index is 305. The molecule has 0 aromatic heterocycles. The first kappa shape index (κ1) is 12.2. The Morgan fingerprint density at radius 3 is 2.18 bits per heavy atom. The molecule has 0 bridgehead atoms. The molecule has 96 valence electrons. The van der Waals surface area contributed by atoms with Crippen LogP contribution in [0.2, 0.25) is 0 Å². The molecule has 5 nitrogen and oxygen atoms in total. The van der Waals surface area contributed by atoms with Crippen molar-refractivity contribution in [3.05, 3.63) is 0 Å². The molecule has 0 aromatic rings. The van der Waals surface area contributed by atoms with Gasteiger partial charge in [0.2, 0.25) is 5.91 Å². The topological polar surface area (TPSA) is 52.7 Å². The van der Waals surface area contributed by atoms with E-state index in [1.54, 1.807) is 19.0 Å². The molecule has 0 radical (unpaired) electrons. The van der Waals surface area contributed by atoms with Crippen molar-refractivity contribution < 1.29 is 9.59 Å². The van der Waals surface area contributed by atoms with Gasteiger partial charge in [-0.3, -0.25) is 4.79 Å². The van der Waals surface area contributed by atoms with Crippen molar-refractivity contribution in [2.24, 2.45) is 5.92 Å². The molecule has 5 heteroatoms. The molecule has 2 fully saturated rings. The summed E-state index contributed by atoms with van der Waals surface area (Å²) in [6.45, 7) is 1.39. The molecule has 2 aliphatic rings. The van der Waals surface area contributed by atoms with Gasteiger partial charge in [-0.1, -0.05) is 0 Å². The van der Waals surface area contributed by atoms with Crippen LogP contribution in [0.3, 0.4) is 0 Å². The fourth-order valence-corrected chi connectivity index (χ4v) is 2.19. The minimum atomic E-state index is 0.0447. The fraction of sp³-hybridized carbons (Fsp3) is 0.833. The predicted octanol–water partition coefficient (Wildman–Crippen LogP) is 0.659. The molecule has 1 N–H and O–H groups in total. The third-order valence-electron chi connectivity index (χ3n) is 3.48. The van der Waals surface area contributed by atoms with Crippen molar-refractivity contribution in [2.75, 3.05) is 27.2 Å². The second-order valence-electron chi connectivity index (χ2n) is 5.22. The zero-order chi connectivity index (χ0) is 12.4. The highest BCUT2D eigenvalue weighted by Gasteiger charge is 2.30. The SMILES string of the molecule is CN(C)C(=O)C1CCN(C(=O)NC2CC2)CC1. The monoisotopic (exact) mass is 239 g/mol. The molecular formula is C12H21N3O2. The van der Waals surface area contributed by atoms with Gasteiger partial charge >= 0.3 is 6.03 Å². The van der Waals surface area contributed by atoms with E-state index in [1.165, 1.54) is 0 Å². The first-order valence-electron chi connectivity index (χ1n) is 6.34. The van der Waals surface area contributed by atoms with Crippen LogP contribution in [0.1, 0.15) is 25.7 Å². The lowest BCUT2D eigenvalue weighted by Crippen LogP contribution is -2.47. The van der Waals surface area contributed by atoms with Crippen LogP contribution in [0.25, 0.3) is 0 Å². The molecular weight excluding hydrogens is 218 g/mol. The number of nitrogens with zero attached hydrogens (tertiary/aromatic N) is 2. The van der Waals surface area contributed by atoms with Crippen molar-refractivity contribution >= 4 is 11.9 Å². The zero-order valence-electron chi connectivity index (χ0n) is 10.6. The molecule has 0 aromatic carbocycles. The van der Waals surface area contributed by atoms with Gasteiger partial charge in [-0.2, -0.15) is 0 Å². The predicted molar refractivity (Wildman–Crippen MR) is 64.5 cm³/mol. The van der Waals surface area contributed by atoms with Crippen molar-refractivity contribution in [1.29, 1.82) is 0 Å². The number of hydrogen-bond acceptors (Lipinski definition) is 2. The maximum Gasteiger partial charge on any atom is 0.317 e. The average molecular weight is 239 g/mol. The maximum absolute atomic E-state index is 11.8. The number of likely N-dealkylation sites (tertiary alicyclic amines) is 1. The van der Waals surface area contributed by atoms with Crippen LogP contribution in [0.4, 0.5) is 4.79 Å². The van der Waals surface area contributed by atoms with Crippen LogP contribution in [0, 0.1) is 5.92 Å². The molecule has 1 aliphatic heterocycles. The first-order chi connectivity index (χ1) is 8.08. The van der Waals surface area contributed by atoms with Crippen LogP contribution in [-0.2, 0) is 4.79 Å². The molecule has 0 atom stereocenters. The lowest BCUT2D eigenvalue weighted by Gasteiger charge is -2.32. The van der Waals surface area contributed by atoms with E-state index in [1.807, 2.05) is 4.90 Å². The highest BCUT2D eigenvalue weighted by molar-refractivity contribution is 5.79. The number of urea groups is 1. The molecule has 0 unspecified atom stereocenters. The Morgan fingerprint density at radius 1 is 1.12 bits per heavy atom. The summed E-state index contributed by atoms with van der Waals surface area (Å²) in [6, 6.07) is 0.451. The minimum Gasteiger partial charge on any atom is -0.349 e. The molecule has 1 saturated heterocycles. The Hall–Kier alpha value is -1.26. The van der Waals surface area contributed by atoms with Crippen molar-refractivity contribution in [1.82, 2.24) is 15.1 Å². The Balaban J connectivity index is 1.76. The fourth-order valence-electron chi connectivity index (χ4n) is 2.19. The summed E-state index contributed by atoms with van der Waals surface area (Å²) in [5.74, 6) is 0.280. The van der Waals surface area contributed by atoms with Crippen LogP contribution < -0.4 is 5.32 Å². The third kappa shape index (κ3) is 3.11. The van der Waals surface area contributed by atoms with Crippen LogP contribution in [-0.4, -0.2) is 55.0 Å².